The molecule has 1 aromatic rings. The molecule has 0 heterocycles. The van der Waals surface area contributed by atoms with Crippen molar-refractivity contribution in [2.24, 2.45) is 5.92 Å². The molecule has 0 bridgehead atoms. The van der Waals surface area contributed by atoms with Gasteiger partial charge in [-0.2, -0.15) is 0 Å². The summed E-state index contributed by atoms with van der Waals surface area (Å²) >= 11 is 3.27. The Morgan fingerprint density at radius 3 is 2.95 bits per heavy atom. The first-order chi connectivity index (χ1) is 9.54. The molecule has 2 nitrogen and oxygen atoms in total. The van der Waals surface area contributed by atoms with Crippen LogP contribution in [0.25, 0.3) is 0 Å². The molecule has 1 aliphatic rings. The van der Waals surface area contributed by atoms with Gasteiger partial charge in [0.2, 0.25) is 0 Å². The Morgan fingerprint density at radius 2 is 2.25 bits per heavy atom. The van der Waals surface area contributed by atoms with E-state index in [1.807, 2.05) is 12.1 Å². The second-order valence-corrected chi connectivity index (χ2v) is 6.85. The molecule has 1 fully saturated rings. The van der Waals surface area contributed by atoms with E-state index in [1.54, 1.807) is 0 Å². The molecule has 4 heteroatoms. The lowest BCUT2D eigenvalue weighted by Gasteiger charge is -2.27. The Hall–Kier alpha value is -0.450. The maximum atomic E-state index is 13.8. The summed E-state index contributed by atoms with van der Waals surface area (Å²) in [5, 5.41) is 13.1. The highest BCUT2D eigenvalue weighted by Crippen LogP contribution is 2.23. The van der Waals surface area contributed by atoms with E-state index in [0.717, 1.165) is 35.8 Å². The molecule has 1 saturated carbocycles. The number of hydrogen-bond donors (Lipinski definition) is 2. The maximum absolute atomic E-state index is 13.8. The van der Waals surface area contributed by atoms with Crippen LogP contribution in [0, 0.1) is 11.7 Å². The molecule has 0 saturated heterocycles. The third kappa shape index (κ3) is 4.83. The molecule has 0 aliphatic heterocycles. The molecular weight excluding hydrogens is 321 g/mol. The fourth-order valence-electron chi connectivity index (χ4n) is 2.91. The van der Waals surface area contributed by atoms with Gasteiger partial charge in [-0.3, -0.25) is 0 Å². The average Bonchev–Trinajstić information content (AvgIpc) is 2.40. The van der Waals surface area contributed by atoms with Gasteiger partial charge in [-0.15, -0.1) is 0 Å². The Morgan fingerprint density at radius 1 is 1.45 bits per heavy atom. The topological polar surface area (TPSA) is 32.3 Å². The second-order valence-electron chi connectivity index (χ2n) is 5.94. The summed E-state index contributed by atoms with van der Waals surface area (Å²) in [6.45, 7) is 3.00. The van der Waals surface area contributed by atoms with Crippen molar-refractivity contribution in [2.45, 2.75) is 51.2 Å². The van der Waals surface area contributed by atoms with Crippen LogP contribution in [0.4, 0.5) is 4.39 Å². The summed E-state index contributed by atoms with van der Waals surface area (Å²) in [7, 11) is 0. The van der Waals surface area contributed by atoms with Crippen LogP contribution < -0.4 is 5.32 Å². The summed E-state index contributed by atoms with van der Waals surface area (Å²) in [6.07, 6.45) is 4.69. The third-order valence-electron chi connectivity index (χ3n) is 4.05. The van der Waals surface area contributed by atoms with Gasteiger partial charge in [0.25, 0.3) is 0 Å². The van der Waals surface area contributed by atoms with Crippen molar-refractivity contribution >= 4 is 15.9 Å². The van der Waals surface area contributed by atoms with E-state index in [9.17, 15) is 9.50 Å². The smallest absolute Gasteiger partial charge is 0.127 e. The molecular formula is C16H23BrFNO. The van der Waals surface area contributed by atoms with Crippen LogP contribution in [0.3, 0.4) is 0 Å². The van der Waals surface area contributed by atoms with Gasteiger partial charge in [-0.25, -0.2) is 4.39 Å². The van der Waals surface area contributed by atoms with Gasteiger partial charge in [0.15, 0.2) is 0 Å². The average molecular weight is 344 g/mol. The van der Waals surface area contributed by atoms with Crippen LogP contribution >= 0.6 is 15.9 Å². The summed E-state index contributed by atoms with van der Waals surface area (Å²) in [6, 6.07) is 5.47. The number of hydrogen-bond acceptors (Lipinski definition) is 2. The zero-order chi connectivity index (χ0) is 14.5. The normalized spacial score (nSPS) is 24.6. The lowest BCUT2D eigenvalue weighted by atomic mass is 9.87. The fourth-order valence-corrected chi connectivity index (χ4v) is 3.24. The minimum Gasteiger partial charge on any atom is -0.393 e. The molecule has 2 N–H and O–H groups in total. The predicted octanol–water partition coefficient (Wildman–Crippen LogP) is 3.66. The van der Waals surface area contributed by atoms with Crippen LogP contribution in [0.2, 0.25) is 0 Å². The first-order valence-electron chi connectivity index (χ1n) is 7.40. The molecule has 3 atom stereocenters. The minimum atomic E-state index is -0.152. The van der Waals surface area contributed by atoms with Crippen molar-refractivity contribution in [3.8, 4) is 0 Å². The number of aliphatic hydroxyl groups excluding tert-OH is 1. The Bertz CT molecular complexity index is 440. The summed E-state index contributed by atoms with van der Waals surface area (Å²) in [5.41, 5.74) is 0.747. The van der Waals surface area contributed by atoms with E-state index < -0.39 is 0 Å². The van der Waals surface area contributed by atoms with Crippen molar-refractivity contribution in [2.75, 3.05) is 6.54 Å². The molecule has 112 valence electrons. The predicted molar refractivity (Wildman–Crippen MR) is 83.2 cm³/mol. The van der Waals surface area contributed by atoms with Gasteiger partial charge < -0.3 is 10.4 Å². The van der Waals surface area contributed by atoms with Crippen molar-refractivity contribution < 1.29 is 9.50 Å². The Balaban J connectivity index is 1.78. The number of nitrogens with one attached hydrogen (secondary N) is 1. The highest BCUT2D eigenvalue weighted by molar-refractivity contribution is 9.10. The SMILES string of the molecule is CC(Cc1ccc(Br)cc1F)NCC1CCCC(O)C1. The molecule has 2 rings (SSSR count). The zero-order valence-corrected chi connectivity index (χ0v) is 13.5. The highest BCUT2D eigenvalue weighted by Gasteiger charge is 2.20. The third-order valence-corrected chi connectivity index (χ3v) is 4.54. The van der Waals surface area contributed by atoms with Crippen LogP contribution in [0.1, 0.15) is 38.2 Å². The van der Waals surface area contributed by atoms with Crippen molar-refractivity contribution in [1.29, 1.82) is 0 Å². The van der Waals surface area contributed by atoms with Gasteiger partial charge in [0.1, 0.15) is 5.82 Å². The largest absolute Gasteiger partial charge is 0.393 e. The Labute approximate surface area is 128 Å². The summed E-state index contributed by atoms with van der Waals surface area (Å²) in [4.78, 5) is 0. The van der Waals surface area contributed by atoms with Crippen molar-refractivity contribution in [1.82, 2.24) is 5.32 Å². The quantitative estimate of drug-likeness (QED) is 0.854. The van der Waals surface area contributed by atoms with Crippen molar-refractivity contribution in [3.63, 3.8) is 0 Å². The molecule has 0 radical (unpaired) electrons. The van der Waals surface area contributed by atoms with Crippen LogP contribution in [0.5, 0.6) is 0 Å². The van der Waals surface area contributed by atoms with Gasteiger partial charge in [0.05, 0.1) is 6.10 Å². The molecule has 0 aromatic heterocycles. The monoisotopic (exact) mass is 343 g/mol. The standard InChI is InChI=1S/C16H23BrFNO/c1-11(7-13-5-6-14(17)9-16(13)18)19-10-12-3-2-4-15(20)8-12/h5-6,9,11-12,15,19-20H,2-4,7-8,10H2,1H3. The fraction of sp³-hybridized carbons (Fsp3) is 0.625. The number of benzene rings is 1. The zero-order valence-electron chi connectivity index (χ0n) is 11.9. The maximum Gasteiger partial charge on any atom is 0.127 e. The summed E-state index contributed by atoms with van der Waals surface area (Å²) < 4.78 is 14.5. The Kier molecular flexibility index (Phi) is 6.00. The van der Waals surface area contributed by atoms with Gasteiger partial charge in [0, 0.05) is 10.5 Å². The van der Waals surface area contributed by atoms with Gasteiger partial charge in [-0.1, -0.05) is 28.4 Å². The second kappa shape index (κ2) is 7.53. The highest BCUT2D eigenvalue weighted by atomic mass is 79.9. The van der Waals surface area contributed by atoms with E-state index in [4.69, 9.17) is 0 Å². The van der Waals surface area contributed by atoms with E-state index in [1.165, 1.54) is 12.5 Å². The number of rotatable bonds is 5. The molecule has 0 amide bonds. The number of halogens is 2. The molecule has 3 unspecified atom stereocenters. The van der Waals surface area contributed by atoms with Gasteiger partial charge in [-0.05, 0) is 62.8 Å². The molecule has 1 aliphatic carbocycles. The lowest BCUT2D eigenvalue weighted by molar-refractivity contribution is 0.0998. The summed E-state index contributed by atoms with van der Waals surface area (Å²) in [5.74, 6) is 0.400. The van der Waals surface area contributed by atoms with E-state index in [0.29, 0.717) is 12.3 Å². The first-order valence-corrected chi connectivity index (χ1v) is 8.19. The molecule has 20 heavy (non-hydrogen) atoms. The lowest BCUT2D eigenvalue weighted by Crippen LogP contribution is -2.35. The van der Waals surface area contributed by atoms with Crippen molar-refractivity contribution in [3.05, 3.63) is 34.1 Å². The van der Waals surface area contributed by atoms with E-state index in [-0.39, 0.29) is 18.0 Å². The van der Waals surface area contributed by atoms with Crippen LogP contribution in [-0.4, -0.2) is 23.8 Å². The van der Waals surface area contributed by atoms with Crippen LogP contribution in [0.15, 0.2) is 22.7 Å². The van der Waals surface area contributed by atoms with Crippen LogP contribution in [-0.2, 0) is 6.42 Å². The van der Waals surface area contributed by atoms with E-state index >= 15 is 0 Å². The molecule has 0 spiro atoms. The number of aliphatic hydroxyl groups is 1. The minimum absolute atomic E-state index is 0.130. The molecule has 1 aromatic carbocycles. The van der Waals surface area contributed by atoms with E-state index in [2.05, 4.69) is 28.2 Å². The first kappa shape index (κ1) is 15.9. The van der Waals surface area contributed by atoms with Gasteiger partial charge >= 0.3 is 0 Å².